The van der Waals surface area contributed by atoms with E-state index in [-0.39, 0.29) is 37.1 Å². The van der Waals surface area contributed by atoms with Gasteiger partial charge in [-0.3, -0.25) is 19.2 Å². The summed E-state index contributed by atoms with van der Waals surface area (Å²) in [5, 5.41) is 5.52. The topological polar surface area (TPSA) is 108 Å². The van der Waals surface area contributed by atoms with Gasteiger partial charge in [-0.1, -0.05) is 72.7 Å². The van der Waals surface area contributed by atoms with Crippen molar-refractivity contribution in [2.45, 2.75) is 87.4 Å². The van der Waals surface area contributed by atoms with E-state index in [1.54, 1.807) is 11.3 Å². The van der Waals surface area contributed by atoms with Crippen LogP contribution >= 0.6 is 11.3 Å². The van der Waals surface area contributed by atoms with Crippen molar-refractivity contribution in [1.82, 2.24) is 20.5 Å². The lowest BCUT2D eigenvalue weighted by Gasteiger charge is -2.34. The molecule has 2 aromatic rings. The number of amides is 3. The Morgan fingerprint density at radius 3 is 2.19 bits per heavy atom. The normalized spacial score (nSPS) is 15.5. The first-order chi connectivity index (χ1) is 17.5. The van der Waals surface area contributed by atoms with Gasteiger partial charge in [-0.05, 0) is 23.5 Å². The number of carbonyl (C=O) groups is 4. The second kappa shape index (κ2) is 14.6. The minimum Gasteiger partial charge on any atom is -0.350 e. The van der Waals surface area contributed by atoms with E-state index in [9.17, 15) is 19.2 Å². The number of carbonyl (C=O) groups excluding carboxylic acids is 4. The lowest BCUT2D eigenvalue weighted by molar-refractivity contribution is -0.143. The molecule has 0 aliphatic carbocycles. The first kappa shape index (κ1) is 32.0. The molecule has 204 valence electrons. The summed E-state index contributed by atoms with van der Waals surface area (Å²) in [6.45, 7) is 16.9. The number of ketones is 1. The fourth-order valence-electron chi connectivity index (χ4n) is 3.83. The molecule has 0 saturated carbocycles. The minimum atomic E-state index is -0.886. The fraction of sp³-hybridized carbons (Fsp3) is 0.536. The van der Waals surface area contributed by atoms with Crippen LogP contribution in [0.2, 0.25) is 0 Å². The largest absolute Gasteiger partial charge is 0.350 e. The average Bonchev–Trinajstić information content (AvgIpc) is 3.48. The van der Waals surface area contributed by atoms with Gasteiger partial charge in [-0.2, -0.15) is 0 Å². The third-order valence-corrected chi connectivity index (χ3v) is 6.60. The SMILES string of the molecule is CC.CC.CC(=O)NC(C(=O)N1CC(=O)CC1C(=O)NCc1ccc(-c2scnc2C)cc1)C(C)(C)C. The molecule has 1 aromatic carbocycles. The van der Waals surface area contributed by atoms with Crippen molar-refractivity contribution >= 4 is 34.8 Å². The highest BCUT2D eigenvalue weighted by molar-refractivity contribution is 7.13. The zero-order valence-electron chi connectivity index (χ0n) is 23.6. The predicted molar refractivity (Wildman–Crippen MR) is 149 cm³/mol. The molecule has 1 aromatic heterocycles. The number of likely N-dealkylation sites (tertiary alicyclic amines) is 1. The lowest BCUT2D eigenvalue weighted by atomic mass is 9.85. The van der Waals surface area contributed by atoms with Crippen molar-refractivity contribution in [2.24, 2.45) is 5.41 Å². The van der Waals surface area contributed by atoms with E-state index >= 15 is 0 Å². The predicted octanol–water partition coefficient (Wildman–Crippen LogP) is 4.51. The zero-order chi connectivity index (χ0) is 28.3. The van der Waals surface area contributed by atoms with Crippen LogP contribution in [-0.4, -0.2) is 52.0 Å². The fourth-order valence-corrected chi connectivity index (χ4v) is 4.65. The second-order valence-corrected chi connectivity index (χ2v) is 10.3. The Morgan fingerprint density at radius 2 is 1.70 bits per heavy atom. The van der Waals surface area contributed by atoms with Crippen LogP contribution in [0.25, 0.3) is 10.4 Å². The number of hydrogen-bond acceptors (Lipinski definition) is 6. The van der Waals surface area contributed by atoms with Crippen molar-refractivity contribution in [2.75, 3.05) is 6.54 Å². The Balaban J connectivity index is 0.00000163. The standard InChI is InChI=1S/C24H30N4O4S.2C2H6/c1-14-20(33-13-26-14)17-8-6-16(7-9-17)11-25-22(31)19-10-18(30)12-28(19)23(32)21(24(3,4)5)27-15(2)29;2*1-2/h6-9,13,19,21H,10-12H2,1-5H3,(H,25,31)(H,27,29);2*1-2H3. The summed E-state index contributed by atoms with van der Waals surface area (Å²) in [6, 6.07) is 6.12. The first-order valence-corrected chi connectivity index (χ1v) is 13.7. The van der Waals surface area contributed by atoms with Crippen LogP contribution in [0.15, 0.2) is 29.8 Å². The zero-order valence-corrected chi connectivity index (χ0v) is 24.4. The molecule has 37 heavy (non-hydrogen) atoms. The molecule has 8 nitrogen and oxygen atoms in total. The van der Waals surface area contributed by atoms with E-state index < -0.39 is 23.4 Å². The molecule has 0 bridgehead atoms. The third kappa shape index (κ3) is 8.77. The van der Waals surface area contributed by atoms with E-state index in [0.717, 1.165) is 21.7 Å². The lowest BCUT2D eigenvalue weighted by Crippen LogP contribution is -2.57. The van der Waals surface area contributed by atoms with Gasteiger partial charge in [0, 0.05) is 19.9 Å². The highest BCUT2D eigenvalue weighted by Crippen LogP contribution is 2.27. The minimum absolute atomic E-state index is 0.0297. The van der Waals surface area contributed by atoms with Gasteiger partial charge in [0.2, 0.25) is 17.7 Å². The van der Waals surface area contributed by atoms with Gasteiger partial charge < -0.3 is 15.5 Å². The Labute approximate surface area is 225 Å². The molecule has 3 rings (SSSR count). The summed E-state index contributed by atoms with van der Waals surface area (Å²) in [4.78, 5) is 56.6. The molecule has 2 atom stereocenters. The van der Waals surface area contributed by atoms with Gasteiger partial charge >= 0.3 is 0 Å². The molecular formula is C28H42N4O4S. The van der Waals surface area contributed by atoms with Gasteiger partial charge in [0.15, 0.2) is 5.78 Å². The Kier molecular flexibility index (Phi) is 12.6. The number of nitrogens with one attached hydrogen (secondary N) is 2. The van der Waals surface area contributed by atoms with Gasteiger partial charge in [0.05, 0.1) is 22.6 Å². The maximum Gasteiger partial charge on any atom is 0.246 e. The number of aromatic nitrogens is 1. The summed E-state index contributed by atoms with van der Waals surface area (Å²) >= 11 is 1.58. The van der Waals surface area contributed by atoms with Crippen LogP contribution in [0.1, 0.15) is 73.1 Å². The highest BCUT2D eigenvalue weighted by atomic mass is 32.1. The Bertz CT molecular complexity index is 1060. The number of Topliss-reactive ketones (excluding diaryl/α,β-unsaturated/α-hetero) is 1. The van der Waals surface area contributed by atoms with Crippen LogP contribution in [0, 0.1) is 12.3 Å². The van der Waals surface area contributed by atoms with Gasteiger partial charge in [0.1, 0.15) is 12.1 Å². The van der Waals surface area contributed by atoms with Crippen LogP contribution in [0.3, 0.4) is 0 Å². The summed E-state index contributed by atoms with van der Waals surface area (Å²) in [5.74, 6) is -1.32. The van der Waals surface area contributed by atoms with Crippen molar-refractivity contribution < 1.29 is 19.2 Å². The molecule has 1 saturated heterocycles. The quantitative estimate of drug-likeness (QED) is 0.571. The monoisotopic (exact) mass is 530 g/mol. The van der Waals surface area contributed by atoms with E-state index in [4.69, 9.17) is 0 Å². The maximum atomic E-state index is 13.2. The molecule has 1 aliphatic heterocycles. The van der Waals surface area contributed by atoms with E-state index in [1.807, 2.05) is 85.2 Å². The number of aryl methyl sites for hydroxylation is 1. The number of benzene rings is 1. The van der Waals surface area contributed by atoms with Crippen LogP contribution < -0.4 is 10.6 Å². The Hall–Kier alpha value is -3.07. The van der Waals surface area contributed by atoms with E-state index in [2.05, 4.69) is 15.6 Å². The highest BCUT2D eigenvalue weighted by Gasteiger charge is 2.44. The third-order valence-electron chi connectivity index (χ3n) is 5.62. The van der Waals surface area contributed by atoms with Crippen molar-refractivity contribution in [3.63, 3.8) is 0 Å². The molecule has 0 radical (unpaired) electrons. The second-order valence-electron chi connectivity index (χ2n) is 9.41. The molecule has 1 aliphatic rings. The van der Waals surface area contributed by atoms with Gasteiger partial charge in [-0.15, -0.1) is 11.3 Å². The maximum absolute atomic E-state index is 13.2. The Morgan fingerprint density at radius 1 is 1.11 bits per heavy atom. The van der Waals surface area contributed by atoms with Crippen LogP contribution in [0.5, 0.6) is 0 Å². The first-order valence-electron chi connectivity index (χ1n) is 12.8. The number of thiazole rings is 1. The van der Waals surface area contributed by atoms with E-state index in [0.29, 0.717) is 0 Å². The smallest absolute Gasteiger partial charge is 0.246 e. The van der Waals surface area contributed by atoms with Gasteiger partial charge in [-0.25, -0.2) is 4.98 Å². The van der Waals surface area contributed by atoms with Crippen LogP contribution in [0.4, 0.5) is 0 Å². The molecule has 2 unspecified atom stereocenters. The summed E-state index contributed by atoms with van der Waals surface area (Å²) < 4.78 is 0. The number of hydrogen-bond donors (Lipinski definition) is 2. The average molecular weight is 531 g/mol. The molecule has 9 heteroatoms. The van der Waals surface area contributed by atoms with Crippen molar-refractivity contribution in [3.8, 4) is 10.4 Å². The molecule has 0 spiro atoms. The molecule has 2 N–H and O–H groups in total. The summed E-state index contributed by atoms with van der Waals surface area (Å²) in [5.41, 5.74) is 4.18. The van der Waals surface area contributed by atoms with Crippen molar-refractivity contribution in [3.05, 3.63) is 41.0 Å². The summed E-state index contributed by atoms with van der Waals surface area (Å²) in [6.07, 6.45) is -0.0297. The number of rotatable bonds is 6. The molecule has 2 heterocycles. The van der Waals surface area contributed by atoms with Gasteiger partial charge in [0.25, 0.3) is 0 Å². The number of nitrogens with zero attached hydrogens (tertiary/aromatic N) is 2. The molecule has 1 fully saturated rings. The summed E-state index contributed by atoms with van der Waals surface area (Å²) in [7, 11) is 0. The molecular weight excluding hydrogens is 488 g/mol. The van der Waals surface area contributed by atoms with Crippen molar-refractivity contribution in [1.29, 1.82) is 0 Å². The molecule has 3 amide bonds. The van der Waals surface area contributed by atoms with Crippen LogP contribution in [-0.2, 0) is 25.7 Å². The van der Waals surface area contributed by atoms with E-state index in [1.165, 1.54) is 11.8 Å².